The van der Waals surface area contributed by atoms with Gasteiger partial charge in [0.2, 0.25) is 5.91 Å². The highest BCUT2D eigenvalue weighted by molar-refractivity contribution is 6.30. The molecule has 0 saturated heterocycles. The van der Waals surface area contributed by atoms with E-state index in [1.807, 2.05) is 0 Å². The van der Waals surface area contributed by atoms with Gasteiger partial charge in [-0.1, -0.05) is 25.4 Å². The smallest absolute Gasteiger partial charge is 0.316 e. The van der Waals surface area contributed by atoms with E-state index in [-0.39, 0.29) is 24.0 Å². The summed E-state index contributed by atoms with van der Waals surface area (Å²) in [7, 11) is 0. The van der Waals surface area contributed by atoms with Crippen molar-refractivity contribution in [3.8, 4) is 6.01 Å². The first kappa shape index (κ1) is 17.0. The molecule has 1 aliphatic rings. The second kappa shape index (κ2) is 8.32. The van der Waals surface area contributed by atoms with Gasteiger partial charge in [0, 0.05) is 12.0 Å². The molecule has 1 fully saturated rings. The molecule has 0 aromatic carbocycles. The van der Waals surface area contributed by atoms with Crippen LogP contribution in [0, 0.1) is 5.92 Å². The van der Waals surface area contributed by atoms with Crippen LogP contribution in [0.4, 0.5) is 0 Å². The van der Waals surface area contributed by atoms with Crippen molar-refractivity contribution in [2.75, 3.05) is 0 Å². The molecular weight excluding hydrogens is 302 g/mol. The topological polar surface area (TPSA) is 64.1 Å². The molecule has 6 heteroatoms. The second-order valence-electron chi connectivity index (χ2n) is 5.80. The highest BCUT2D eigenvalue weighted by Crippen LogP contribution is 2.23. The van der Waals surface area contributed by atoms with Gasteiger partial charge in [-0.25, -0.2) is 9.97 Å². The first-order valence-corrected chi connectivity index (χ1v) is 8.44. The molecule has 1 N–H and O–H groups in total. The number of nitrogens with one attached hydrogen (secondary N) is 1. The third-order valence-electron chi connectivity index (χ3n) is 4.25. The summed E-state index contributed by atoms with van der Waals surface area (Å²) < 4.78 is 5.76. The van der Waals surface area contributed by atoms with Gasteiger partial charge in [-0.15, -0.1) is 0 Å². The predicted octanol–water partition coefficient (Wildman–Crippen LogP) is 3.37. The first-order valence-electron chi connectivity index (χ1n) is 8.06. The van der Waals surface area contributed by atoms with Crippen LogP contribution in [-0.2, 0) is 4.79 Å². The molecule has 0 radical (unpaired) electrons. The number of ether oxygens (including phenoxy) is 1. The molecule has 0 unspecified atom stereocenters. The fourth-order valence-corrected chi connectivity index (χ4v) is 2.91. The Morgan fingerprint density at radius 2 is 1.86 bits per heavy atom. The average Bonchev–Trinajstić information content (AvgIpc) is 2.53. The van der Waals surface area contributed by atoms with Crippen molar-refractivity contribution < 1.29 is 9.53 Å². The third-order valence-corrected chi connectivity index (χ3v) is 4.44. The third kappa shape index (κ3) is 4.83. The van der Waals surface area contributed by atoms with E-state index in [9.17, 15) is 4.79 Å². The van der Waals surface area contributed by atoms with Crippen LogP contribution in [0.15, 0.2) is 12.4 Å². The maximum Gasteiger partial charge on any atom is 0.316 e. The Balaban J connectivity index is 1.75. The number of hydrogen-bond acceptors (Lipinski definition) is 4. The van der Waals surface area contributed by atoms with E-state index < -0.39 is 0 Å². The number of amides is 1. The summed E-state index contributed by atoms with van der Waals surface area (Å²) in [6.45, 7) is 4.12. The quantitative estimate of drug-likeness (QED) is 0.871. The van der Waals surface area contributed by atoms with Crippen LogP contribution in [0.3, 0.4) is 0 Å². The van der Waals surface area contributed by atoms with Crippen molar-refractivity contribution in [1.82, 2.24) is 15.3 Å². The molecule has 1 amide bonds. The van der Waals surface area contributed by atoms with E-state index in [0.717, 1.165) is 38.5 Å². The lowest BCUT2D eigenvalue weighted by Crippen LogP contribution is -2.42. The van der Waals surface area contributed by atoms with Crippen LogP contribution < -0.4 is 10.1 Å². The zero-order valence-electron chi connectivity index (χ0n) is 13.2. The van der Waals surface area contributed by atoms with Crippen molar-refractivity contribution in [2.24, 2.45) is 5.92 Å². The van der Waals surface area contributed by atoms with E-state index in [2.05, 4.69) is 29.1 Å². The van der Waals surface area contributed by atoms with Gasteiger partial charge in [0.1, 0.15) is 6.10 Å². The van der Waals surface area contributed by atoms with Crippen LogP contribution in [0.5, 0.6) is 6.01 Å². The maximum absolute atomic E-state index is 12.1. The largest absolute Gasteiger partial charge is 0.460 e. The van der Waals surface area contributed by atoms with Gasteiger partial charge in [-0.3, -0.25) is 4.79 Å². The molecule has 0 atom stereocenters. The molecule has 0 spiro atoms. The van der Waals surface area contributed by atoms with Crippen LogP contribution in [0.25, 0.3) is 0 Å². The minimum Gasteiger partial charge on any atom is -0.460 e. The Hall–Kier alpha value is -1.36. The molecule has 122 valence electrons. The van der Waals surface area contributed by atoms with E-state index in [1.54, 1.807) is 0 Å². The molecule has 2 rings (SSSR count). The number of carbonyl (C=O) groups is 1. The van der Waals surface area contributed by atoms with E-state index in [1.165, 1.54) is 12.4 Å². The summed E-state index contributed by atoms with van der Waals surface area (Å²) in [5.74, 6) is 0.326. The summed E-state index contributed by atoms with van der Waals surface area (Å²) in [5, 5.41) is 3.67. The average molecular weight is 326 g/mol. The van der Waals surface area contributed by atoms with Crippen molar-refractivity contribution in [2.45, 2.75) is 64.5 Å². The van der Waals surface area contributed by atoms with Crippen LogP contribution in [0.1, 0.15) is 52.4 Å². The number of nitrogens with zero attached hydrogens (tertiary/aromatic N) is 2. The van der Waals surface area contributed by atoms with Gasteiger partial charge < -0.3 is 10.1 Å². The minimum atomic E-state index is 0.113. The molecule has 1 aromatic heterocycles. The van der Waals surface area contributed by atoms with Gasteiger partial charge in [0.05, 0.1) is 17.4 Å². The van der Waals surface area contributed by atoms with Crippen molar-refractivity contribution in [3.05, 3.63) is 17.4 Å². The number of carbonyl (C=O) groups excluding carboxylic acids is 1. The molecule has 1 aliphatic carbocycles. The molecule has 1 heterocycles. The molecule has 22 heavy (non-hydrogen) atoms. The zero-order chi connectivity index (χ0) is 15.9. The van der Waals surface area contributed by atoms with Gasteiger partial charge in [0.25, 0.3) is 0 Å². The molecule has 1 saturated carbocycles. The Bertz CT molecular complexity index is 469. The number of rotatable bonds is 6. The SMILES string of the molecule is CCC(CC)C(=O)NC1CCC(Oc2ncc(Cl)cn2)CC1. The van der Waals surface area contributed by atoms with Gasteiger partial charge >= 0.3 is 6.01 Å². The van der Waals surface area contributed by atoms with Crippen LogP contribution in [0.2, 0.25) is 5.02 Å². The molecular formula is C16H24ClN3O2. The highest BCUT2D eigenvalue weighted by Gasteiger charge is 2.25. The van der Waals surface area contributed by atoms with Gasteiger partial charge in [-0.05, 0) is 38.5 Å². The lowest BCUT2D eigenvalue weighted by atomic mass is 9.92. The standard InChI is InChI=1S/C16H24ClN3O2/c1-3-11(4-2)15(21)20-13-5-7-14(8-6-13)22-16-18-9-12(17)10-19-16/h9-11,13-14H,3-8H2,1-2H3,(H,20,21). The van der Waals surface area contributed by atoms with Crippen molar-refractivity contribution >= 4 is 17.5 Å². The Morgan fingerprint density at radius 1 is 1.27 bits per heavy atom. The fraction of sp³-hybridized carbons (Fsp3) is 0.688. The molecule has 0 aliphatic heterocycles. The van der Waals surface area contributed by atoms with Crippen molar-refractivity contribution in [1.29, 1.82) is 0 Å². The van der Waals surface area contributed by atoms with E-state index >= 15 is 0 Å². The summed E-state index contributed by atoms with van der Waals surface area (Å²) in [6, 6.07) is 0.632. The lowest BCUT2D eigenvalue weighted by Gasteiger charge is -2.29. The fourth-order valence-electron chi connectivity index (χ4n) is 2.81. The van der Waals surface area contributed by atoms with Crippen LogP contribution >= 0.6 is 11.6 Å². The normalized spacial score (nSPS) is 21.6. The maximum atomic E-state index is 12.1. The van der Waals surface area contributed by atoms with E-state index in [4.69, 9.17) is 16.3 Å². The number of hydrogen-bond donors (Lipinski definition) is 1. The molecule has 0 bridgehead atoms. The molecule has 1 aromatic rings. The summed E-state index contributed by atoms with van der Waals surface area (Å²) in [5.41, 5.74) is 0. The van der Waals surface area contributed by atoms with Gasteiger partial charge in [-0.2, -0.15) is 0 Å². The summed E-state index contributed by atoms with van der Waals surface area (Å²) in [4.78, 5) is 20.2. The monoisotopic (exact) mass is 325 g/mol. The molecule has 5 nitrogen and oxygen atoms in total. The van der Waals surface area contributed by atoms with Crippen molar-refractivity contribution in [3.63, 3.8) is 0 Å². The second-order valence-corrected chi connectivity index (χ2v) is 6.23. The summed E-state index contributed by atoms with van der Waals surface area (Å²) in [6.07, 6.45) is 8.65. The highest BCUT2D eigenvalue weighted by atomic mass is 35.5. The number of aromatic nitrogens is 2. The predicted molar refractivity (Wildman–Crippen MR) is 85.9 cm³/mol. The lowest BCUT2D eigenvalue weighted by molar-refractivity contribution is -0.126. The van der Waals surface area contributed by atoms with Crippen LogP contribution in [-0.4, -0.2) is 28.0 Å². The van der Waals surface area contributed by atoms with E-state index in [0.29, 0.717) is 11.0 Å². The first-order chi connectivity index (χ1) is 10.6. The number of halogens is 1. The van der Waals surface area contributed by atoms with Gasteiger partial charge in [0.15, 0.2) is 0 Å². The Kier molecular flexibility index (Phi) is 6.43. The Morgan fingerprint density at radius 3 is 2.41 bits per heavy atom. The minimum absolute atomic E-state index is 0.113. The summed E-state index contributed by atoms with van der Waals surface area (Å²) >= 11 is 5.75. The Labute approximate surface area is 136 Å². The zero-order valence-corrected chi connectivity index (χ0v) is 14.0.